The number of amides is 2. The third kappa shape index (κ3) is 4.34. The zero-order chi connectivity index (χ0) is 17.7. The van der Waals surface area contributed by atoms with E-state index in [1.54, 1.807) is 11.8 Å². The van der Waals surface area contributed by atoms with Crippen molar-refractivity contribution in [3.63, 3.8) is 0 Å². The number of aliphatic imine (C=N–C) groups is 1. The number of benzene rings is 1. The Morgan fingerprint density at radius 2 is 2.25 bits per heavy atom. The quantitative estimate of drug-likeness (QED) is 0.406. The molecule has 1 aliphatic rings. The average Bonchev–Trinajstić information content (AvgIpc) is 3.00. The van der Waals surface area contributed by atoms with Gasteiger partial charge >= 0.3 is 0 Å². The van der Waals surface area contributed by atoms with Crippen LogP contribution < -0.4 is 16.8 Å². The summed E-state index contributed by atoms with van der Waals surface area (Å²) in [6, 6.07) is 5.78. The number of nitrogens with zero attached hydrogens (tertiary/aromatic N) is 2. The van der Waals surface area contributed by atoms with E-state index in [4.69, 9.17) is 11.5 Å². The molecule has 1 heterocycles. The molecule has 0 radical (unpaired) electrons. The van der Waals surface area contributed by atoms with Gasteiger partial charge in [-0.25, -0.2) is 0 Å². The van der Waals surface area contributed by atoms with Gasteiger partial charge in [-0.2, -0.15) is 0 Å². The van der Waals surface area contributed by atoms with Crippen molar-refractivity contribution < 1.29 is 9.59 Å². The van der Waals surface area contributed by atoms with Crippen LogP contribution in [0.25, 0.3) is 0 Å². The van der Waals surface area contributed by atoms with Gasteiger partial charge in [0.2, 0.25) is 11.8 Å². The summed E-state index contributed by atoms with van der Waals surface area (Å²) in [6.07, 6.45) is 2.21. The molecule has 0 spiro atoms. The second-order valence-corrected chi connectivity index (χ2v) is 5.79. The van der Waals surface area contributed by atoms with Crippen molar-refractivity contribution in [2.75, 3.05) is 30.7 Å². The van der Waals surface area contributed by atoms with Gasteiger partial charge in [-0.15, -0.1) is 0 Å². The first-order valence-corrected chi connectivity index (χ1v) is 7.78. The molecule has 128 valence electrons. The number of likely N-dealkylation sites (tertiary alicyclic amines) is 1. The second-order valence-electron chi connectivity index (χ2n) is 5.79. The largest absolute Gasteiger partial charge is 0.398 e. The summed E-state index contributed by atoms with van der Waals surface area (Å²) in [5.41, 5.74) is 14.1. The van der Waals surface area contributed by atoms with Gasteiger partial charge in [0.1, 0.15) is 6.54 Å². The number of anilines is 2. The number of carbonyl (C=O) groups excluding carboxylic acids is 2. The lowest BCUT2D eigenvalue weighted by Gasteiger charge is -2.17. The van der Waals surface area contributed by atoms with Crippen LogP contribution >= 0.6 is 0 Å². The van der Waals surface area contributed by atoms with E-state index in [2.05, 4.69) is 16.9 Å². The van der Waals surface area contributed by atoms with Crippen molar-refractivity contribution in [1.29, 1.82) is 0 Å². The van der Waals surface area contributed by atoms with Crippen molar-refractivity contribution in [1.82, 2.24) is 4.90 Å². The first-order chi connectivity index (χ1) is 11.4. The van der Waals surface area contributed by atoms with E-state index in [1.807, 2.05) is 18.2 Å². The molecule has 1 atom stereocenters. The number of nitrogens with one attached hydrogen (secondary N) is 1. The van der Waals surface area contributed by atoms with E-state index in [0.29, 0.717) is 17.9 Å². The fourth-order valence-electron chi connectivity index (χ4n) is 2.71. The highest BCUT2D eigenvalue weighted by Gasteiger charge is 2.24. The van der Waals surface area contributed by atoms with E-state index >= 15 is 0 Å². The SMILES string of the molecule is C=CC(=O)N1CCC(Nc2ccc(C(C)=NCC(N)=O)c(N)c2)C1. The monoisotopic (exact) mass is 329 g/mol. The van der Waals surface area contributed by atoms with Crippen molar-refractivity contribution in [2.45, 2.75) is 19.4 Å². The minimum Gasteiger partial charge on any atom is -0.398 e. The van der Waals surface area contributed by atoms with Crippen LogP contribution in [0.1, 0.15) is 18.9 Å². The van der Waals surface area contributed by atoms with Crippen LogP contribution in [0, 0.1) is 0 Å². The molecular weight excluding hydrogens is 306 g/mol. The van der Waals surface area contributed by atoms with Crippen molar-refractivity contribution in [2.24, 2.45) is 10.7 Å². The van der Waals surface area contributed by atoms with Gasteiger partial charge in [-0.05, 0) is 37.6 Å². The van der Waals surface area contributed by atoms with Gasteiger partial charge in [0.15, 0.2) is 0 Å². The molecule has 1 unspecified atom stereocenters. The Labute approximate surface area is 141 Å². The Balaban J connectivity index is 2.02. The molecular formula is C17H23N5O2. The maximum atomic E-state index is 11.6. The van der Waals surface area contributed by atoms with Gasteiger partial charge in [-0.3, -0.25) is 14.6 Å². The fraction of sp³-hybridized carbons (Fsp3) is 0.353. The molecule has 5 N–H and O–H groups in total. The normalized spacial score (nSPS) is 17.6. The van der Waals surface area contributed by atoms with Gasteiger partial charge in [0.25, 0.3) is 0 Å². The molecule has 0 bridgehead atoms. The van der Waals surface area contributed by atoms with Crippen molar-refractivity contribution >= 4 is 28.9 Å². The number of carbonyl (C=O) groups is 2. The van der Waals surface area contributed by atoms with Crippen molar-refractivity contribution in [3.05, 3.63) is 36.4 Å². The summed E-state index contributed by atoms with van der Waals surface area (Å²) < 4.78 is 0. The highest BCUT2D eigenvalue weighted by atomic mass is 16.2. The molecule has 2 amide bonds. The minimum atomic E-state index is -0.480. The van der Waals surface area contributed by atoms with Gasteiger partial charge < -0.3 is 21.7 Å². The maximum Gasteiger partial charge on any atom is 0.246 e. The van der Waals surface area contributed by atoms with Crippen molar-refractivity contribution in [3.8, 4) is 0 Å². The van der Waals surface area contributed by atoms with E-state index in [0.717, 1.165) is 24.2 Å². The third-order valence-electron chi connectivity index (χ3n) is 3.96. The molecule has 1 fully saturated rings. The molecule has 1 aliphatic heterocycles. The number of rotatable bonds is 6. The van der Waals surface area contributed by atoms with Crippen LogP contribution in [-0.4, -0.2) is 48.1 Å². The Hall–Kier alpha value is -2.83. The summed E-state index contributed by atoms with van der Waals surface area (Å²) >= 11 is 0. The van der Waals surface area contributed by atoms with E-state index in [-0.39, 0.29) is 18.5 Å². The molecule has 1 aromatic carbocycles. The molecule has 1 saturated heterocycles. The Bertz CT molecular complexity index is 684. The molecule has 24 heavy (non-hydrogen) atoms. The summed E-state index contributed by atoms with van der Waals surface area (Å²) in [5, 5.41) is 3.38. The molecule has 0 aliphatic carbocycles. The zero-order valence-corrected chi connectivity index (χ0v) is 13.8. The second kappa shape index (κ2) is 7.63. The topological polar surface area (TPSA) is 114 Å². The Morgan fingerprint density at radius 3 is 2.88 bits per heavy atom. The maximum absolute atomic E-state index is 11.6. The first kappa shape index (κ1) is 17.5. The number of nitrogens with two attached hydrogens (primary N) is 2. The number of hydrogen-bond acceptors (Lipinski definition) is 5. The molecule has 7 nitrogen and oxygen atoms in total. The zero-order valence-electron chi connectivity index (χ0n) is 13.8. The van der Waals surface area contributed by atoms with Crippen LogP contribution in [0.5, 0.6) is 0 Å². The lowest BCUT2D eigenvalue weighted by atomic mass is 10.1. The number of nitrogen functional groups attached to an aromatic ring is 1. The van der Waals surface area contributed by atoms with Crippen LogP contribution in [0.3, 0.4) is 0 Å². The Morgan fingerprint density at radius 1 is 1.50 bits per heavy atom. The first-order valence-electron chi connectivity index (χ1n) is 7.78. The molecule has 0 aromatic heterocycles. The minimum absolute atomic E-state index is 0.0459. The molecule has 2 rings (SSSR count). The molecule has 7 heteroatoms. The highest BCUT2D eigenvalue weighted by molar-refractivity contribution is 6.04. The summed E-state index contributed by atoms with van der Waals surface area (Å²) in [4.78, 5) is 28.3. The summed E-state index contributed by atoms with van der Waals surface area (Å²) in [5.74, 6) is -0.526. The van der Waals surface area contributed by atoms with Crippen LogP contribution in [0.15, 0.2) is 35.8 Å². The molecule has 1 aromatic rings. The third-order valence-corrected chi connectivity index (χ3v) is 3.96. The predicted molar refractivity (Wildman–Crippen MR) is 95.9 cm³/mol. The van der Waals surface area contributed by atoms with E-state index in [1.165, 1.54) is 6.08 Å². The van der Waals surface area contributed by atoms with E-state index in [9.17, 15) is 9.59 Å². The van der Waals surface area contributed by atoms with Crippen LogP contribution in [-0.2, 0) is 9.59 Å². The number of hydrogen-bond donors (Lipinski definition) is 3. The lowest BCUT2D eigenvalue weighted by molar-refractivity contribution is -0.125. The fourth-order valence-corrected chi connectivity index (χ4v) is 2.71. The van der Waals surface area contributed by atoms with Crippen LogP contribution in [0.2, 0.25) is 0 Å². The average molecular weight is 329 g/mol. The van der Waals surface area contributed by atoms with E-state index < -0.39 is 5.91 Å². The van der Waals surface area contributed by atoms with Crippen LogP contribution in [0.4, 0.5) is 11.4 Å². The number of primary amides is 1. The lowest BCUT2D eigenvalue weighted by Crippen LogP contribution is -2.30. The van der Waals surface area contributed by atoms with Gasteiger partial charge in [-0.1, -0.05) is 6.58 Å². The standard InChI is InChI=1S/C17H23N5O2/c1-3-17(24)22-7-6-13(10-22)21-12-4-5-14(15(18)8-12)11(2)20-9-16(19)23/h3-5,8,13,21H,1,6-7,9-10,18H2,2H3,(H2,19,23). The smallest absolute Gasteiger partial charge is 0.246 e. The summed E-state index contributed by atoms with van der Waals surface area (Å²) in [6.45, 7) is 6.61. The predicted octanol–water partition coefficient (Wildman–Crippen LogP) is 0.762. The Kier molecular flexibility index (Phi) is 5.57. The highest BCUT2D eigenvalue weighted by Crippen LogP contribution is 2.22. The van der Waals surface area contributed by atoms with Gasteiger partial charge in [0, 0.05) is 41.8 Å². The summed E-state index contributed by atoms with van der Waals surface area (Å²) in [7, 11) is 0. The van der Waals surface area contributed by atoms with Gasteiger partial charge in [0.05, 0.1) is 0 Å². The molecule has 0 saturated carbocycles.